The Morgan fingerprint density at radius 3 is 2.76 bits per heavy atom. The molecule has 1 heterocycles. The Kier molecular flexibility index (Phi) is 4.64. The van der Waals surface area contributed by atoms with Crippen molar-refractivity contribution in [1.82, 2.24) is 0 Å². The lowest BCUT2D eigenvalue weighted by molar-refractivity contribution is -0.0572. The number of benzene rings is 1. The molecule has 6 nitrogen and oxygen atoms in total. The van der Waals surface area contributed by atoms with Gasteiger partial charge in [-0.25, -0.2) is 4.39 Å². The van der Waals surface area contributed by atoms with Crippen molar-refractivity contribution in [2.45, 2.75) is 18.4 Å². The Labute approximate surface area is 122 Å². The Morgan fingerprint density at radius 2 is 2.14 bits per heavy atom. The van der Waals surface area contributed by atoms with E-state index in [0.717, 1.165) is 0 Å². The predicted molar refractivity (Wildman–Crippen MR) is 77.2 cm³/mol. The molecule has 116 valence electrons. The van der Waals surface area contributed by atoms with E-state index in [2.05, 4.69) is 5.16 Å². The third kappa shape index (κ3) is 3.62. The number of halogens is 1. The van der Waals surface area contributed by atoms with Gasteiger partial charge in [0.25, 0.3) is 0 Å². The predicted octanol–water partition coefficient (Wildman–Crippen LogP) is 0.898. The fraction of sp³-hybridized carbons (Fsp3) is 0.500. The molecule has 1 aromatic carbocycles. The molecule has 1 saturated heterocycles. The zero-order valence-electron chi connectivity index (χ0n) is 11.9. The molecule has 1 aromatic rings. The van der Waals surface area contributed by atoms with Crippen molar-refractivity contribution in [1.29, 1.82) is 0 Å². The molecule has 0 radical (unpaired) electrons. The molecule has 0 saturated carbocycles. The van der Waals surface area contributed by atoms with Gasteiger partial charge in [-0.05, 0) is 18.2 Å². The molecule has 21 heavy (non-hydrogen) atoms. The van der Waals surface area contributed by atoms with E-state index < -0.39 is 11.4 Å². The highest BCUT2D eigenvalue weighted by molar-refractivity contribution is 6.02. The van der Waals surface area contributed by atoms with Gasteiger partial charge in [0.2, 0.25) is 0 Å². The molecule has 2 rings (SSSR count). The first-order chi connectivity index (χ1) is 9.95. The maximum atomic E-state index is 13.4. The van der Waals surface area contributed by atoms with Gasteiger partial charge < -0.3 is 25.7 Å². The van der Waals surface area contributed by atoms with Gasteiger partial charge in [-0.15, -0.1) is 0 Å². The van der Waals surface area contributed by atoms with Crippen LogP contribution in [0.2, 0.25) is 0 Å². The summed E-state index contributed by atoms with van der Waals surface area (Å²) in [6, 6.07) is 4.05. The number of oxime groups is 1. The van der Waals surface area contributed by atoms with Crippen LogP contribution in [-0.4, -0.2) is 48.6 Å². The van der Waals surface area contributed by atoms with Crippen LogP contribution >= 0.6 is 0 Å². The number of amidine groups is 1. The maximum Gasteiger partial charge on any atom is 0.172 e. The van der Waals surface area contributed by atoms with Gasteiger partial charge in [-0.1, -0.05) is 5.16 Å². The third-order valence-corrected chi connectivity index (χ3v) is 3.71. The standard InChI is InChI=1S/C14H20FN3O3/c1-18(9-14(19)4-6-21-7-5-14)12-3-2-10(15)8-11(12)13(16)17-20/h2-3,8,19-20H,4-7,9H2,1H3,(H2,16,17). The second-order valence-corrected chi connectivity index (χ2v) is 5.34. The number of hydrogen-bond donors (Lipinski definition) is 3. The van der Waals surface area contributed by atoms with Gasteiger partial charge in [0.15, 0.2) is 5.84 Å². The second kappa shape index (κ2) is 6.28. The molecular formula is C14H20FN3O3. The highest BCUT2D eigenvalue weighted by Gasteiger charge is 2.31. The summed E-state index contributed by atoms with van der Waals surface area (Å²) >= 11 is 0. The first-order valence-corrected chi connectivity index (χ1v) is 6.74. The lowest BCUT2D eigenvalue weighted by Gasteiger charge is -2.36. The Morgan fingerprint density at radius 1 is 1.48 bits per heavy atom. The highest BCUT2D eigenvalue weighted by Crippen LogP contribution is 2.26. The van der Waals surface area contributed by atoms with Gasteiger partial charge in [0.1, 0.15) is 5.82 Å². The lowest BCUT2D eigenvalue weighted by Crippen LogP contribution is -2.46. The van der Waals surface area contributed by atoms with Crippen molar-refractivity contribution >= 4 is 11.5 Å². The van der Waals surface area contributed by atoms with Crippen LogP contribution in [-0.2, 0) is 4.74 Å². The third-order valence-electron chi connectivity index (χ3n) is 3.71. The zero-order chi connectivity index (χ0) is 15.5. The minimum absolute atomic E-state index is 0.171. The Hall–Kier alpha value is -1.86. The lowest BCUT2D eigenvalue weighted by atomic mass is 9.93. The number of ether oxygens (including phenoxy) is 1. The summed E-state index contributed by atoms with van der Waals surface area (Å²) in [4.78, 5) is 1.78. The van der Waals surface area contributed by atoms with Crippen molar-refractivity contribution in [2.24, 2.45) is 10.9 Å². The first-order valence-electron chi connectivity index (χ1n) is 6.74. The SMILES string of the molecule is CN(CC1(O)CCOCC1)c1ccc(F)cc1/C(N)=N/O. The normalized spacial score (nSPS) is 18.5. The van der Waals surface area contributed by atoms with Crippen LogP contribution in [0.5, 0.6) is 0 Å². The second-order valence-electron chi connectivity index (χ2n) is 5.34. The molecule has 7 heteroatoms. The average Bonchev–Trinajstić information content (AvgIpc) is 2.46. The van der Waals surface area contributed by atoms with Crippen LogP contribution in [0.1, 0.15) is 18.4 Å². The fourth-order valence-electron chi connectivity index (χ4n) is 2.54. The smallest absolute Gasteiger partial charge is 0.172 e. The summed E-state index contributed by atoms with van der Waals surface area (Å²) in [5.74, 6) is -0.645. The van der Waals surface area contributed by atoms with Crippen LogP contribution in [0.3, 0.4) is 0 Å². The molecule has 0 aliphatic carbocycles. The topological polar surface area (TPSA) is 91.3 Å². The highest BCUT2D eigenvalue weighted by atomic mass is 19.1. The van der Waals surface area contributed by atoms with E-state index in [1.807, 2.05) is 0 Å². The minimum atomic E-state index is -0.857. The van der Waals surface area contributed by atoms with E-state index in [1.165, 1.54) is 12.1 Å². The molecule has 1 aliphatic heterocycles. The number of anilines is 1. The molecule has 0 amide bonds. The van der Waals surface area contributed by atoms with Crippen molar-refractivity contribution in [3.8, 4) is 0 Å². The summed E-state index contributed by atoms with van der Waals surface area (Å²) in [7, 11) is 1.77. The first kappa shape index (κ1) is 15.5. The van der Waals surface area contributed by atoms with Crippen LogP contribution in [0, 0.1) is 5.82 Å². The van der Waals surface area contributed by atoms with Crippen molar-refractivity contribution in [3.63, 3.8) is 0 Å². The molecule has 4 N–H and O–H groups in total. The van der Waals surface area contributed by atoms with Gasteiger partial charge >= 0.3 is 0 Å². The van der Waals surface area contributed by atoms with Crippen LogP contribution in [0.15, 0.2) is 23.4 Å². The number of likely N-dealkylation sites (N-methyl/N-ethyl adjacent to an activating group) is 1. The Bertz CT molecular complexity index is 530. The molecule has 1 aliphatic rings. The minimum Gasteiger partial charge on any atom is -0.409 e. The van der Waals surface area contributed by atoms with Crippen molar-refractivity contribution < 1.29 is 19.4 Å². The van der Waals surface area contributed by atoms with Crippen molar-refractivity contribution in [2.75, 3.05) is 31.7 Å². The van der Waals surface area contributed by atoms with E-state index in [4.69, 9.17) is 15.7 Å². The molecular weight excluding hydrogens is 277 g/mol. The molecule has 1 fully saturated rings. The number of aliphatic hydroxyl groups is 1. The monoisotopic (exact) mass is 297 g/mol. The summed E-state index contributed by atoms with van der Waals surface area (Å²) in [5.41, 5.74) is 5.61. The summed E-state index contributed by atoms with van der Waals surface area (Å²) in [5, 5.41) is 22.3. The van der Waals surface area contributed by atoms with Gasteiger partial charge in [-0.3, -0.25) is 0 Å². The van der Waals surface area contributed by atoms with Gasteiger partial charge in [0, 0.05) is 50.9 Å². The van der Waals surface area contributed by atoms with E-state index in [9.17, 15) is 9.50 Å². The molecule has 0 atom stereocenters. The molecule has 0 spiro atoms. The van der Waals surface area contributed by atoms with Crippen LogP contribution < -0.4 is 10.6 Å². The summed E-state index contributed by atoms with van der Waals surface area (Å²) in [6.45, 7) is 1.38. The van der Waals surface area contributed by atoms with Crippen LogP contribution in [0.4, 0.5) is 10.1 Å². The maximum absolute atomic E-state index is 13.4. The Balaban J connectivity index is 2.24. The number of nitrogens with zero attached hydrogens (tertiary/aromatic N) is 2. The van der Waals surface area contributed by atoms with E-state index in [0.29, 0.717) is 38.3 Å². The van der Waals surface area contributed by atoms with Crippen LogP contribution in [0.25, 0.3) is 0 Å². The van der Waals surface area contributed by atoms with Crippen molar-refractivity contribution in [3.05, 3.63) is 29.6 Å². The molecule has 0 bridgehead atoms. The fourth-order valence-corrected chi connectivity index (χ4v) is 2.54. The van der Waals surface area contributed by atoms with Gasteiger partial charge in [-0.2, -0.15) is 0 Å². The molecule has 0 unspecified atom stereocenters. The van der Waals surface area contributed by atoms with E-state index in [1.54, 1.807) is 18.0 Å². The number of hydrogen-bond acceptors (Lipinski definition) is 5. The zero-order valence-corrected chi connectivity index (χ0v) is 11.9. The molecule has 0 aromatic heterocycles. The summed E-state index contributed by atoms with van der Waals surface area (Å²) in [6.07, 6.45) is 1.08. The number of rotatable bonds is 4. The average molecular weight is 297 g/mol. The number of nitrogens with two attached hydrogens (primary N) is 1. The quantitative estimate of drug-likeness (QED) is 0.332. The largest absolute Gasteiger partial charge is 0.409 e. The van der Waals surface area contributed by atoms with Gasteiger partial charge in [0.05, 0.1) is 5.60 Å². The van der Waals surface area contributed by atoms with E-state index in [-0.39, 0.29) is 11.4 Å². The van der Waals surface area contributed by atoms with E-state index >= 15 is 0 Å². The summed E-state index contributed by atoms with van der Waals surface area (Å²) < 4.78 is 18.6.